The van der Waals surface area contributed by atoms with Crippen molar-refractivity contribution in [2.75, 3.05) is 19.7 Å². The fraction of sp³-hybridized carbons (Fsp3) is 1.00. The van der Waals surface area contributed by atoms with Gasteiger partial charge in [-0.15, -0.1) is 0 Å². The van der Waals surface area contributed by atoms with Crippen LogP contribution in [-0.2, 0) is 4.74 Å². The summed E-state index contributed by atoms with van der Waals surface area (Å²) in [4.78, 5) is 2.62. The molecule has 0 aromatic heterocycles. The molecule has 0 aromatic rings. The molecule has 0 aromatic carbocycles. The van der Waals surface area contributed by atoms with Crippen LogP contribution in [0.3, 0.4) is 0 Å². The lowest BCUT2D eigenvalue weighted by Gasteiger charge is -2.41. The number of ether oxygens (including phenoxy) is 1. The molecule has 2 unspecified atom stereocenters. The quantitative estimate of drug-likeness (QED) is 0.719. The average molecular weight is 198 g/mol. The van der Waals surface area contributed by atoms with E-state index in [0.29, 0.717) is 12.6 Å². The normalized spacial score (nSPS) is 36.4. The third-order valence-electron chi connectivity index (χ3n) is 3.61. The largest absolute Gasteiger partial charge is 0.374 e. The van der Waals surface area contributed by atoms with Crippen molar-refractivity contribution in [1.29, 1.82) is 0 Å². The summed E-state index contributed by atoms with van der Waals surface area (Å²) in [5.74, 6) is 0. The summed E-state index contributed by atoms with van der Waals surface area (Å²) in [7, 11) is 0. The summed E-state index contributed by atoms with van der Waals surface area (Å²) in [6.07, 6.45) is 5.83. The van der Waals surface area contributed by atoms with Crippen molar-refractivity contribution in [3.63, 3.8) is 0 Å². The fourth-order valence-electron chi connectivity index (χ4n) is 2.73. The molecule has 2 aliphatic rings. The van der Waals surface area contributed by atoms with Gasteiger partial charge in [-0.2, -0.15) is 0 Å². The first-order chi connectivity index (χ1) is 6.81. The molecule has 3 heteroatoms. The molecule has 3 nitrogen and oxygen atoms in total. The smallest absolute Gasteiger partial charge is 0.0824 e. The Balaban J connectivity index is 1.93. The van der Waals surface area contributed by atoms with Gasteiger partial charge in [0.05, 0.1) is 12.7 Å². The van der Waals surface area contributed by atoms with Gasteiger partial charge in [0.2, 0.25) is 0 Å². The molecule has 1 saturated heterocycles. The molecule has 1 heterocycles. The number of nitrogens with zero attached hydrogens (tertiary/aromatic N) is 1. The van der Waals surface area contributed by atoms with Gasteiger partial charge in [0.1, 0.15) is 0 Å². The van der Waals surface area contributed by atoms with Crippen molar-refractivity contribution in [2.45, 2.75) is 50.8 Å². The second-order valence-corrected chi connectivity index (χ2v) is 4.68. The Bertz CT molecular complexity index is 180. The molecular weight excluding hydrogens is 176 g/mol. The van der Waals surface area contributed by atoms with Gasteiger partial charge in [-0.05, 0) is 19.8 Å². The first kappa shape index (κ1) is 10.4. The minimum Gasteiger partial charge on any atom is -0.374 e. The SMILES string of the molecule is CC1COC(CN)CN1C1CCCC1. The van der Waals surface area contributed by atoms with Crippen molar-refractivity contribution >= 4 is 0 Å². The Hall–Kier alpha value is -0.120. The molecule has 0 spiro atoms. The highest BCUT2D eigenvalue weighted by molar-refractivity contribution is 4.86. The topological polar surface area (TPSA) is 38.5 Å². The molecular formula is C11H22N2O. The fourth-order valence-corrected chi connectivity index (χ4v) is 2.73. The predicted molar refractivity (Wildman–Crippen MR) is 57.2 cm³/mol. The number of hydrogen-bond acceptors (Lipinski definition) is 3. The monoisotopic (exact) mass is 198 g/mol. The molecule has 1 aliphatic heterocycles. The molecule has 2 rings (SSSR count). The first-order valence-electron chi connectivity index (χ1n) is 5.88. The van der Waals surface area contributed by atoms with E-state index in [9.17, 15) is 0 Å². The van der Waals surface area contributed by atoms with Gasteiger partial charge in [0.15, 0.2) is 0 Å². The Morgan fingerprint density at radius 3 is 2.71 bits per heavy atom. The maximum atomic E-state index is 5.66. The van der Waals surface area contributed by atoms with E-state index < -0.39 is 0 Å². The summed E-state index contributed by atoms with van der Waals surface area (Å²) in [5, 5.41) is 0. The van der Waals surface area contributed by atoms with Crippen LogP contribution >= 0.6 is 0 Å². The molecule has 0 radical (unpaired) electrons. The number of nitrogens with two attached hydrogens (primary N) is 1. The Morgan fingerprint density at radius 2 is 2.07 bits per heavy atom. The molecule has 82 valence electrons. The number of rotatable bonds is 2. The summed E-state index contributed by atoms with van der Waals surface area (Å²) in [6.45, 7) is 4.84. The van der Waals surface area contributed by atoms with E-state index in [1.807, 2.05) is 0 Å². The van der Waals surface area contributed by atoms with Crippen molar-refractivity contribution < 1.29 is 4.74 Å². The van der Waals surface area contributed by atoms with E-state index in [-0.39, 0.29) is 6.10 Å². The van der Waals surface area contributed by atoms with Crippen LogP contribution in [-0.4, -0.2) is 42.8 Å². The van der Waals surface area contributed by atoms with Crippen LogP contribution in [0, 0.1) is 0 Å². The molecule has 1 aliphatic carbocycles. The van der Waals surface area contributed by atoms with Gasteiger partial charge in [-0.3, -0.25) is 4.90 Å². The second-order valence-electron chi connectivity index (χ2n) is 4.68. The zero-order valence-electron chi connectivity index (χ0n) is 9.11. The Labute approximate surface area is 86.6 Å². The highest BCUT2D eigenvalue weighted by Crippen LogP contribution is 2.27. The molecule has 2 N–H and O–H groups in total. The van der Waals surface area contributed by atoms with E-state index in [0.717, 1.165) is 19.2 Å². The van der Waals surface area contributed by atoms with Gasteiger partial charge < -0.3 is 10.5 Å². The van der Waals surface area contributed by atoms with Crippen LogP contribution in [0.5, 0.6) is 0 Å². The maximum Gasteiger partial charge on any atom is 0.0824 e. The van der Waals surface area contributed by atoms with Gasteiger partial charge in [-0.1, -0.05) is 12.8 Å². The zero-order valence-corrected chi connectivity index (χ0v) is 9.11. The van der Waals surface area contributed by atoms with Crippen LogP contribution < -0.4 is 5.73 Å². The van der Waals surface area contributed by atoms with E-state index in [1.165, 1.54) is 25.7 Å². The summed E-state index contributed by atoms with van der Waals surface area (Å²) in [5.41, 5.74) is 5.66. The molecule has 0 amide bonds. The van der Waals surface area contributed by atoms with Gasteiger partial charge >= 0.3 is 0 Å². The highest BCUT2D eigenvalue weighted by Gasteiger charge is 2.31. The summed E-state index contributed by atoms with van der Waals surface area (Å²) in [6, 6.07) is 1.39. The third-order valence-corrected chi connectivity index (χ3v) is 3.61. The first-order valence-corrected chi connectivity index (χ1v) is 5.88. The van der Waals surface area contributed by atoms with Crippen molar-refractivity contribution in [1.82, 2.24) is 4.90 Å². The zero-order chi connectivity index (χ0) is 9.97. The second kappa shape index (κ2) is 4.60. The summed E-state index contributed by atoms with van der Waals surface area (Å²) >= 11 is 0. The van der Waals surface area contributed by atoms with E-state index >= 15 is 0 Å². The number of hydrogen-bond donors (Lipinski definition) is 1. The minimum atomic E-state index is 0.270. The van der Waals surface area contributed by atoms with Crippen LogP contribution in [0.15, 0.2) is 0 Å². The maximum absolute atomic E-state index is 5.66. The van der Waals surface area contributed by atoms with Crippen LogP contribution in [0.25, 0.3) is 0 Å². The number of morpholine rings is 1. The van der Waals surface area contributed by atoms with Crippen LogP contribution in [0.4, 0.5) is 0 Å². The molecule has 2 atom stereocenters. The Kier molecular flexibility index (Phi) is 3.42. The van der Waals surface area contributed by atoms with Crippen molar-refractivity contribution in [3.8, 4) is 0 Å². The molecule has 0 bridgehead atoms. The average Bonchev–Trinajstić information content (AvgIpc) is 2.71. The van der Waals surface area contributed by atoms with E-state index in [4.69, 9.17) is 10.5 Å². The lowest BCUT2D eigenvalue weighted by molar-refractivity contribution is -0.0686. The minimum absolute atomic E-state index is 0.270. The Morgan fingerprint density at radius 1 is 1.36 bits per heavy atom. The standard InChI is InChI=1S/C11H22N2O/c1-9-8-14-11(6-12)7-13(9)10-4-2-3-5-10/h9-11H,2-8,12H2,1H3. The van der Waals surface area contributed by atoms with Gasteiger partial charge in [0.25, 0.3) is 0 Å². The molecule has 14 heavy (non-hydrogen) atoms. The lowest BCUT2D eigenvalue weighted by Crippen LogP contribution is -2.53. The van der Waals surface area contributed by atoms with Crippen molar-refractivity contribution in [3.05, 3.63) is 0 Å². The predicted octanol–water partition coefficient (Wildman–Crippen LogP) is 0.977. The van der Waals surface area contributed by atoms with Crippen LogP contribution in [0.1, 0.15) is 32.6 Å². The summed E-state index contributed by atoms with van der Waals surface area (Å²) < 4.78 is 5.66. The van der Waals surface area contributed by atoms with E-state index in [1.54, 1.807) is 0 Å². The van der Waals surface area contributed by atoms with Crippen molar-refractivity contribution in [2.24, 2.45) is 5.73 Å². The highest BCUT2D eigenvalue weighted by atomic mass is 16.5. The lowest BCUT2D eigenvalue weighted by atomic mass is 10.1. The van der Waals surface area contributed by atoms with E-state index in [2.05, 4.69) is 11.8 Å². The molecule has 1 saturated carbocycles. The van der Waals surface area contributed by atoms with Crippen LogP contribution in [0.2, 0.25) is 0 Å². The van der Waals surface area contributed by atoms with Gasteiger partial charge in [0, 0.05) is 25.2 Å². The third kappa shape index (κ3) is 2.10. The van der Waals surface area contributed by atoms with Gasteiger partial charge in [-0.25, -0.2) is 0 Å². The molecule has 2 fully saturated rings.